The molecule has 14 heavy (non-hydrogen) atoms. The Kier molecular flexibility index (Phi) is 10.2. The molecule has 0 bridgehead atoms. The van der Waals surface area contributed by atoms with E-state index in [1.165, 1.54) is 0 Å². The molecule has 0 heterocycles. The second kappa shape index (κ2) is 10.6. The van der Waals surface area contributed by atoms with Gasteiger partial charge in [0.2, 0.25) is 0 Å². The molecule has 0 spiro atoms. The topological polar surface area (TPSA) is 77.9 Å². The zero-order valence-electron chi connectivity index (χ0n) is 8.37. The monoisotopic (exact) mass is 311 g/mol. The van der Waals surface area contributed by atoms with E-state index in [0.29, 0.717) is 6.54 Å². The summed E-state index contributed by atoms with van der Waals surface area (Å²) >= 11 is -0.295. The number of nitrogens with one attached hydrogen (secondary N) is 1. The molecule has 0 aromatic heterocycles. The summed E-state index contributed by atoms with van der Waals surface area (Å²) in [7, 11) is 0. The molecule has 0 radical (unpaired) electrons. The summed E-state index contributed by atoms with van der Waals surface area (Å²) in [5, 5.41) is 6.31. The van der Waals surface area contributed by atoms with Crippen LogP contribution >= 0.6 is 0 Å². The molecule has 0 aliphatic rings. The van der Waals surface area contributed by atoms with Gasteiger partial charge in [-0.15, -0.1) is 0 Å². The van der Waals surface area contributed by atoms with Crippen LogP contribution in [0.15, 0.2) is 5.11 Å². The van der Waals surface area contributed by atoms with Gasteiger partial charge in [-0.2, -0.15) is 0 Å². The van der Waals surface area contributed by atoms with Crippen LogP contribution in [0.25, 0.3) is 10.4 Å². The van der Waals surface area contributed by atoms with E-state index in [0.717, 1.165) is 32.2 Å². The van der Waals surface area contributed by atoms with E-state index in [4.69, 9.17) is 5.53 Å². The van der Waals surface area contributed by atoms with Crippen LogP contribution in [0.5, 0.6) is 0 Å². The molecule has 0 aliphatic heterocycles. The van der Waals surface area contributed by atoms with Crippen LogP contribution in [-0.2, 0) is 0 Å². The summed E-state index contributed by atoms with van der Waals surface area (Å²) in [5.41, 5.74) is 8.01. The van der Waals surface area contributed by atoms with Gasteiger partial charge in [0.25, 0.3) is 0 Å². The van der Waals surface area contributed by atoms with Gasteiger partial charge in [-0.05, 0) is 0 Å². The number of halogens is 1. The number of azide groups is 1. The molecule has 1 amide bonds. The average molecular weight is 311 g/mol. The Morgan fingerprint density at radius 3 is 2.79 bits per heavy atom. The zero-order chi connectivity index (χ0) is 10.6. The Labute approximate surface area is 94.5 Å². The molecule has 6 heteroatoms. The van der Waals surface area contributed by atoms with Crippen molar-refractivity contribution in [1.82, 2.24) is 5.32 Å². The van der Waals surface area contributed by atoms with E-state index in [1.807, 2.05) is 4.93 Å². The molecule has 0 rings (SSSR count). The molecule has 0 unspecified atom stereocenters. The number of rotatable bonds is 8. The van der Waals surface area contributed by atoms with Crippen molar-refractivity contribution in [3.8, 4) is 0 Å². The van der Waals surface area contributed by atoms with Crippen LogP contribution in [0.2, 0.25) is 0 Å². The number of carbonyl (C=O) groups is 1. The van der Waals surface area contributed by atoms with Crippen molar-refractivity contribution in [3.63, 3.8) is 0 Å². The number of amides is 1. The number of carbonyl (C=O) groups excluding carboxylic acids is 1. The maximum absolute atomic E-state index is 10.9. The van der Waals surface area contributed by atoms with Crippen LogP contribution < -0.4 is 26.5 Å². The molecule has 1 N–H and O–H groups in total. The predicted molar refractivity (Wildman–Crippen MR) is 51.8 cm³/mol. The molecular weight excluding hydrogens is 295 g/mol. The van der Waals surface area contributed by atoms with Gasteiger partial charge in [-0.1, -0.05) is 0 Å². The predicted octanol–water partition coefficient (Wildman–Crippen LogP) is -0.714. The number of nitrogens with zero attached hydrogens (tertiary/aromatic N) is 3. The van der Waals surface area contributed by atoms with E-state index in [9.17, 15) is 4.79 Å². The van der Waals surface area contributed by atoms with Crippen LogP contribution in [-0.4, -0.2) is 21.9 Å². The van der Waals surface area contributed by atoms with Gasteiger partial charge in [0.1, 0.15) is 0 Å². The quantitative estimate of drug-likeness (QED) is 0.0923. The standard InChI is InChI=1S/C8H16IN4O/c1-9-8(14)11-6-4-2-3-5-7-12-13-10/h2-7H2,1H3,(H,11,14)/q-1. The van der Waals surface area contributed by atoms with Gasteiger partial charge < -0.3 is 0 Å². The third-order valence-electron chi connectivity index (χ3n) is 1.68. The molecule has 0 saturated heterocycles. The number of hydrogen-bond acceptors (Lipinski definition) is 2. The Balaban J connectivity index is 3.06. The Bertz CT molecular complexity index is 204. The normalized spacial score (nSPS) is 9.50. The van der Waals surface area contributed by atoms with E-state index >= 15 is 0 Å². The fraction of sp³-hybridized carbons (Fsp3) is 0.875. The van der Waals surface area contributed by atoms with Crippen LogP contribution in [0.1, 0.15) is 25.7 Å². The van der Waals surface area contributed by atoms with Crippen molar-refractivity contribution in [3.05, 3.63) is 10.4 Å². The average Bonchev–Trinajstić information content (AvgIpc) is 2.21. The summed E-state index contributed by atoms with van der Waals surface area (Å²) in [4.78, 5) is 15.5. The molecule has 0 fully saturated rings. The van der Waals surface area contributed by atoms with Crippen LogP contribution in [0.3, 0.4) is 0 Å². The molecule has 0 atom stereocenters. The molecule has 0 aliphatic carbocycles. The van der Waals surface area contributed by atoms with E-state index in [2.05, 4.69) is 15.3 Å². The first-order chi connectivity index (χ1) is 6.81. The van der Waals surface area contributed by atoms with Gasteiger partial charge in [-0.25, -0.2) is 0 Å². The van der Waals surface area contributed by atoms with Crippen molar-refractivity contribution in [1.29, 1.82) is 0 Å². The summed E-state index contributed by atoms with van der Waals surface area (Å²) in [5.74, 6) is 0. The first-order valence-corrected chi connectivity index (χ1v) is 7.83. The fourth-order valence-electron chi connectivity index (χ4n) is 0.959. The molecule has 5 nitrogen and oxygen atoms in total. The fourth-order valence-corrected chi connectivity index (χ4v) is 1.61. The Hall–Kier alpha value is -0.490. The minimum absolute atomic E-state index is 0.220. The van der Waals surface area contributed by atoms with Crippen molar-refractivity contribution in [2.24, 2.45) is 5.11 Å². The van der Waals surface area contributed by atoms with E-state index in [-0.39, 0.29) is 25.1 Å². The summed E-state index contributed by atoms with van der Waals surface area (Å²) in [6.07, 6.45) is 4.11. The minimum atomic E-state index is -0.295. The van der Waals surface area contributed by atoms with Crippen LogP contribution in [0.4, 0.5) is 4.79 Å². The SMILES string of the molecule is C[I-]C(=O)NCCCCCCN=[N+]=[N-]. The number of unbranched alkanes of at least 4 members (excludes halogenated alkanes) is 3. The Morgan fingerprint density at radius 2 is 2.14 bits per heavy atom. The van der Waals surface area contributed by atoms with Gasteiger partial charge >= 0.3 is 94.5 Å². The third kappa shape index (κ3) is 9.60. The van der Waals surface area contributed by atoms with Crippen molar-refractivity contribution in [2.45, 2.75) is 25.7 Å². The zero-order valence-corrected chi connectivity index (χ0v) is 10.5. The van der Waals surface area contributed by atoms with Gasteiger partial charge in [0, 0.05) is 0 Å². The summed E-state index contributed by atoms with van der Waals surface area (Å²) in [6.45, 7) is 1.37. The van der Waals surface area contributed by atoms with Crippen molar-refractivity contribution in [2.75, 3.05) is 18.0 Å². The van der Waals surface area contributed by atoms with Gasteiger partial charge in [-0.3, -0.25) is 0 Å². The second-order valence-corrected chi connectivity index (χ2v) is 4.82. The van der Waals surface area contributed by atoms with Gasteiger partial charge in [0.05, 0.1) is 0 Å². The van der Waals surface area contributed by atoms with Crippen LogP contribution in [0, 0.1) is 0 Å². The molecule has 0 saturated carbocycles. The molecule has 82 valence electrons. The van der Waals surface area contributed by atoms with Gasteiger partial charge in [0.15, 0.2) is 0 Å². The van der Waals surface area contributed by atoms with E-state index in [1.54, 1.807) is 0 Å². The maximum atomic E-state index is 10.9. The van der Waals surface area contributed by atoms with Crippen molar-refractivity contribution >= 4 is 3.91 Å². The number of alkyl halides is 1. The first kappa shape index (κ1) is 13.5. The Morgan fingerprint density at radius 1 is 1.43 bits per heavy atom. The van der Waals surface area contributed by atoms with E-state index < -0.39 is 0 Å². The third-order valence-corrected chi connectivity index (χ3v) is 3.04. The molecule has 0 aromatic rings. The molecular formula is C8H16IN4O-. The summed E-state index contributed by atoms with van der Waals surface area (Å²) < 4.78 is 0.220. The first-order valence-electron chi connectivity index (χ1n) is 4.59. The molecule has 0 aromatic carbocycles. The van der Waals surface area contributed by atoms with Crippen molar-refractivity contribution < 1.29 is 26.0 Å². The second-order valence-electron chi connectivity index (χ2n) is 2.76. The number of hydrogen-bond donors (Lipinski definition) is 1. The summed E-state index contributed by atoms with van der Waals surface area (Å²) in [6, 6.07) is 0.